The topological polar surface area (TPSA) is 94.5 Å². The lowest BCUT2D eigenvalue weighted by atomic mass is 10.1. The monoisotopic (exact) mass is 561 g/mol. The van der Waals surface area contributed by atoms with E-state index >= 15 is 0 Å². The predicted molar refractivity (Wildman–Crippen MR) is 162 cm³/mol. The Balaban J connectivity index is 1.02. The Morgan fingerprint density at radius 2 is 1.63 bits per heavy atom. The smallest absolute Gasteiger partial charge is 0.293 e. The molecule has 0 unspecified atom stereocenters. The minimum atomic E-state index is -0.370. The number of rotatable bonds is 5. The van der Waals surface area contributed by atoms with Crippen molar-refractivity contribution in [2.24, 2.45) is 0 Å². The van der Waals surface area contributed by atoms with Crippen molar-refractivity contribution in [2.45, 2.75) is 0 Å². The molecule has 2 amide bonds. The van der Waals surface area contributed by atoms with Crippen LogP contribution in [0, 0.1) is 0 Å². The van der Waals surface area contributed by atoms with E-state index in [2.05, 4.69) is 51.5 Å². The maximum atomic E-state index is 12.9. The largest absolute Gasteiger partial charge is 0.451 e. The van der Waals surface area contributed by atoms with Crippen LogP contribution in [0.25, 0.3) is 44.4 Å². The van der Waals surface area contributed by atoms with Gasteiger partial charge in [-0.25, -0.2) is 4.98 Å². The fourth-order valence-corrected chi connectivity index (χ4v) is 5.94. The number of likely N-dealkylation sites (N-methyl/N-ethyl adjacent to an activating group) is 1. The third-order valence-electron chi connectivity index (χ3n) is 7.56. The molecule has 0 aliphatic carbocycles. The summed E-state index contributed by atoms with van der Waals surface area (Å²) in [5, 5.41) is 7.62. The van der Waals surface area contributed by atoms with Crippen LogP contribution in [0.4, 0.5) is 5.13 Å². The number of carbonyl (C=O) groups excluding carboxylic acids is 2. The second-order valence-corrected chi connectivity index (χ2v) is 11.1. The molecule has 8 nitrogen and oxygen atoms in total. The molecule has 3 aromatic heterocycles. The summed E-state index contributed by atoms with van der Waals surface area (Å²) < 4.78 is 5.86. The predicted octanol–water partition coefficient (Wildman–Crippen LogP) is 6.34. The Hall–Kier alpha value is -4.73. The molecular formula is C32H27N5O3S. The lowest BCUT2D eigenvalue weighted by Crippen LogP contribution is -2.47. The van der Waals surface area contributed by atoms with Gasteiger partial charge in [0.25, 0.3) is 11.8 Å². The number of piperazine rings is 1. The van der Waals surface area contributed by atoms with E-state index in [4.69, 9.17) is 4.42 Å². The summed E-state index contributed by atoms with van der Waals surface area (Å²) in [5.41, 5.74) is 5.34. The molecule has 1 saturated heterocycles. The Bertz CT molecular complexity index is 1890. The fourth-order valence-electron chi connectivity index (χ4n) is 5.22. The summed E-state index contributed by atoms with van der Waals surface area (Å²) in [6.07, 6.45) is 0. The summed E-state index contributed by atoms with van der Waals surface area (Å²) in [7, 11) is 2.06. The lowest BCUT2D eigenvalue weighted by molar-refractivity contribution is 0.0664. The highest BCUT2D eigenvalue weighted by Gasteiger charge is 2.21. The summed E-state index contributed by atoms with van der Waals surface area (Å²) in [6, 6.07) is 25.2. The van der Waals surface area contributed by atoms with Crippen molar-refractivity contribution in [1.82, 2.24) is 19.8 Å². The standard InChI is InChI=1S/C32H27N5O3S/c1-36-14-16-37(17-15-36)31(39)21-8-6-20(7-9-21)28-12-13-29(40-28)30(38)35-32-34-27(19-41-32)22-10-11-24-23-4-2-3-5-25(23)33-26(24)18-22/h2-13,18-19,33H,14-17H2,1H3,(H,34,35,38). The van der Waals surface area contributed by atoms with Crippen LogP contribution in [-0.2, 0) is 0 Å². The molecule has 4 heterocycles. The first kappa shape index (κ1) is 25.3. The maximum Gasteiger partial charge on any atom is 0.293 e. The first-order chi connectivity index (χ1) is 20.0. The molecule has 1 fully saturated rings. The number of nitrogens with zero attached hydrogens (tertiary/aromatic N) is 3. The number of fused-ring (bicyclic) bond motifs is 3. The molecule has 204 valence electrons. The zero-order valence-corrected chi connectivity index (χ0v) is 23.2. The first-order valence-corrected chi connectivity index (χ1v) is 14.4. The van der Waals surface area contributed by atoms with E-state index in [-0.39, 0.29) is 17.6 Å². The average Bonchev–Trinajstić information content (AvgIpc) is 3.76. The lowest BCUT2D eigenvalue weighted by Gasteiger charge is -2.32. The maximum absolute atomic E-state index is 12.9. The van der Waals surface area contributed by atoms with Crippen LogP contribution in [0.2, 0.25) is 0 Å². The van der Waals surface area contributed by atoms with Gasteiger partial charge in [-0.05, 0) is 43.4 Å². The number of hydrogen-bond donors (Lipinski definition) is 2. The van der Waals surface area contributed by atoms with Gasteiger partial charge in [0.05, 0.1) is 5.69 Å². The van der Waals surface area contributed by atoms with Gasteiger partial charge in [-0.2, -0.15) is 0 Å². The molecule has 9 heteroatoms. The van der Waals surface area contributed by atoms with E-state index < -0.39 is 0 Å². The molecule has 0 bridgehead atoms. The van der Waals surface area contributed by atoms with Gasteiger partial charge in [0.2, 0.25) is 0 Å². The van der Waals surface area contributed by atoms with Gasteiger partial charge in [-0.1, -0.05) is 42.5 Å². The Labute approximate surface area is 240 Å². The van der Waals surface area contributed by atoms with Crippen LogP contribution >= 0.6 is 11.3 Å². The summed E-state index contributed by atoms with van der Waals surface area (Å²) >= 11 is 1.36. The Morgan fingerprint density at radius 1 is 0.878 bits per heavy atom. The van der Waals surface area contributed by atoms with Crippen LogP contribution in [0.3, 0.4) is 0 Å². The summed E-state index contributed by atoms with van der Waals surface area (Å²) in [4.78, 5) is 38.0. The number of para-hydroxylation sites is 1. The fraction of sp³-hybridized carbons (Fsp3) is 0.156. The molecule has 6 aromatic rings. The van der Waals surface area contributed by atoms with E-state index in [1.165, 1.54) is 16.7 Å². The summed E-state index contributed by atoms with van der Waals surface area (Å²) in [5.74, 6) is 0.410. The minimum Gasteiger partial charge on any atom is -0.451 e. The van der Waals surface area contributed by atoms with Crippen molar-refractivity contribution >= 4 is 50.1 Å². The van der Waals surface area contributed by atoms with Crippen LogP contribution in [0.5, 0.6) is 0 Å². The van der Waals surface area contributed by atoms with Gasteiger partial charge in [-0.15, -0.1) is 11.3 Å². The van der Waals surface area contributed by atoms with Crippen molar-refractivity contribution in [1.29, 1.82) is 0 Å². The molecule has 1 aliphatic rings. The molecular weight excluding hydrogens is 534 g/mol. The molecule has 3 aromatic carbocycles. The number of aromatic amines is 1. The van der Waals surface area contributed by atoms with Gasteiger partial charge in [0.15, 0.2) is 10.9 Å². The number of furan rings is 1. The Kier molecular flexibility index (Phi) is 6.37. The van der Waals surface area contributed by atoms with E-state index in [1.54, 1.807) is 12.1 Å². The SMILES string of the molecule is CN1CCN(C(=O)c2ccc(-c3ccc(C(=O)Nc4nc(-c5ccc6c(c5)[nH]c5ccccc56)cs4)o3)cc2)CC1. The average molecular weight is 562 g/mol. The molecule has 0 radical (unpaired) electrons. The highest BCUT2D eigenvalue weighted by atomic mass is 32.1. The van der Waals surface area contributed by atoms with Gasteiger partial charge >= 0.3 is 0 Å². The molecule has 0 spiro atoms. The van der Waals surface area contributed by atoms with Gasteiger partial charge in [-0.3, -0.25) is 14.9 Å². The highest BCUT2D eigenvalue weighted by molar-refractivity contribution is 7.14. The first-order valence-electron chi connectivity index (χ1n) is 13.5. The third kappa shape index (κ3) is 4.90. The number of carbonyl (C=O) groups is 2. The highest BCUT2D eigenvalue weighted by Crippen LogP contribution is 2.31. The number of aromatic nitrogens is 2. The van der Waals surface area contributed by atoms with Crippen LogP contribution in [-0.4, -0.2) is 64.8 Å². The second-order valence-electron chi connectivity index (χ2n) is 10.3. The number of nitrogens with one attached hydrogen (secondary N) is 2. The molecule has 0 saturated carbocycles. The quantitative estimate of drug-likeness (QED) is 0.256. The molecule has 2 N–H and O–H groups in total. The molecule has 0 atom stereocenters. The summed E-state index contributed by atoms with van der Waals surface area (Å²) in [6.45, 7) is 3.22. The molecule has 7 rings (SSSR count). The van der Waals surface area contributed by atoms with Crippen LogP contribution < -0.4 is 5.32 Å². The molecule has 41 heavy (non-hydrogen) atoms. The van der Waals surface area contributed by atoms with Crippen molar-refractivity contribution in [3.8, 4) is 22.6 Å². The number of benzene rings is 3. The zero-order chi connectivity index (χ0) is 27.9. The van der Waals surface area contributed by atoms with E-state index in [0.29, 0.717) is 16.5 Å². The van der Waals surface area contributed by atoms with Gasteiger partial charge in [0.1, 0.15) is 5.76 Å². The third-order valence-corrected chi connectivity index (χ3v) is 8.32. The van der Waals surface area contributed by atoms with Crippen LogP contribution in [0.15, 0.2) is 88.7 Å². The van der Waals surface area contributed by atoms with E-state index in [0.717, 1.165) is 59.4 Å². The number of anilines is 1. The number of hydrogen-bond acceptors (Lipinski definition) is 6. The van der Waals surface area contributed by atoms with Crippen molar-refractivity contribution in [2.75, 3.05) is 38.5 Å². The number of thiazole rings is 1. The Morgan fingerprint density at radius 3 is 2.46 bits per heavy atom. The van der Waals surface area contributed by atoms with Crippen LogP contribution in [0.1, 0.15) is 20.9 Å². The number of amides is 2. The van der Waals surface area contributed by atoms with Crippen molar-refractivity contribution in [3.05, 3.63) is 95.6 Å². The van der Waals surface area contributed by atoms with E-state index in [9.17, 15) is 9.59 Å². The van der Waals surface area contributed by atoms with Gasteiger partial charge in [0, 0.05) is 70.1 Å². The minimum absolute atomic E-state index is 0.0354. The normalized spacial score (nSPS) is 14.1. The van der Waals surface area contributed by atoms with Gasteiger partial charge < -0.3 is 19.2 Å². The van der Waals surface area contributed by atoms with Crippen molar-refractivity contribution < 1.29 is 14.0 Å². The zero-order valence-electron chi connectivity index (χ0n) is 22.4. The second kappa shape index (κ2) is 10.3. The number of H-pyrrole nitrogens is 1. The molecule has 1 aliphatic heterocycles. The van der Waals surface area contributed by atoms with E-state index in [1.807, 2.05) is 52.7 Å². The van der Waals surface area contributed by atoms with Crippen molar-refractivity contribution in [3.63, 3.8) is 0 Å².